The maximum atomic E-state index is 13.8. The Morgan fingerprint density at radius 2 is 2.12 bits per heavy atom. The number of ether oxygens (including phenoxy) is 1. The summed E-state index contributed by atoms with van der Waals surface area (Å²) in [5.41, 5.74) is 1.80. The number of amides is 1. The Labute approximate surface area is 145 Å². The first-order valence-corrected chi connectivity index (χ1v) is 9.02. The summed E-state index contributed by atoms with van der Waals surface area (Å²) in [6, 6.07) is 12.9. The zero-order valence-electron chi connectivity index (χ0n) is 13.6. The molecule has 1 amide bonds. The molecule has 0 saturated heterocycles. The number of thioether (sulfide) groups is 1. The molecule has 1 heterocycles. The van der Waals surface area contributed by atoms with Gasteiger partial charge in [-0.25, -0.2) is 4.39 Å². The Morgan fingerprint density at radius 3 is 2.92 bits per heavy atom. The highest BCUT2D eigenvalue weighted by atomic mass is 32.2. The van der Waals surface area contributed by atoms with E-state index in [-0.39, 0.29) is 17.5 Å². The minimum atomic E-state index is -0.390. The number of benzene rings is 2. The highest BCUT2D eigenvalue weighted by Crippen LogP contribution is 2.34. The molecule has 2 aromatic rings. The molecule has 0 spiro atoms. The third kappa shape index (κ3) is 3.73. The SMILES string of the molecule is COc1ccc(CCC(=O)N2CCCSc3ccccc32)cc1F. The molecular weight excluding hydrogens is 325 g/mol. The molecule has 0 radical (unpaired) electrons. The predicted octanol–water partition coefficient (Wildman–Crippen LogP) is 4.30. The van der Waals surface area contributed by atoms with Crippen LogP contribution >= 0.6 is 11.8 Å². The van der Waals surface area contributed by atoms with Crippen LogP contribution in [0.25, 0.3) is 0 Å². The van der Waals surface area contributed by atoms with Crippen LogP contribution < -0.4 is 9.64 Å². The van der Waals surface area contributed by atoms with Crippen LogP contribution in [-0.2, 0) is 11.2 Å². The fraction of sp³-hybridized carbons (Fsp3) is 0.316. The summed E-state index contributed by atoms with van der Waals surface area (Å²) >= 11 is 1.79. The Balaban J connectivity index is 1.70. The zero-order chi connectivity index (χ0) is 16.9. The van der Waals surface area contributed by atoms with Crippen LogP contribution in [0.4, 0.5) is 10.1 Å². The van der Waals surface area contributed by atoms with Crippen LogP contribution in [0.15, 0.2) is 47.4 Å². The van der Waals surface area contributed by atoms with E-state index >= 15 is 0 Å². The smallest absolute Gasteiger partial charge is 0.227 e. The Bertz CT molecular complexity index is 735. The van der Waals surface area contributed by atoms with E-state index in [1.165, 1.54) is 13.2 Å². The van der Waals surface area contributed by atoms with E-state index < -0.39 is 0 Å². The minimum Gasteiger partial charge on any atom is -0.494 e. The van der Waals surface area contributed by atoms with E-state index in [2.05, 4.69) is 6.07 Å². The fourth-order valence-corrected chi connectivity index (χ4v) is 3.83. The second-order valence-electron chi connectivity index (χ2n) is 5.68. The molecule has 0 aromatic heterocycles. The quantitative estimate of drug-likeness (QED) is 0.828. The number of nitrogens with zero attached hydrogens (tertiary/aromatic N) is 1. The molecule has 1 aliphatic heterocycles. The van der Waals surface area contributed by atoms with Crippen molar-refractivity contribution in [2.24, 2.45) is 0 Å². The van der Waals surface area contributed by atoms with E-state index in [4.69, 9.17) is 4.74 Å². The third-order valence-corrected chi connectivity index (χ3v) is 5.23. The number of carbonyl (C=O) groups is 1. The number of rotatable bonds is 4. The van der Waals surface area contributed by atoms with Crippen molar-refractivity contribution in [2.75, 3.05) is 24.3 Å². The summed E-state index contributed by atoms with van der Waals surface area (Å²) in [5, 5.41) is 0. The van der Waals surface area contributed by atoms with Crippen molar-refractivity contribution < 1.29 is 13.9 Å². The van der Waals surface area contributed by atoms with Crippen molar-refractivity contribution in [1.82, 2.24) is 0 Å². The van der Waals surface area contributed by atoms with E-state index in [0.717, 1.165) is 34.9 Å². The molecule has 0 aliphatic carbocycles. The van der Waals surface area contributed by atoms with E-state index in [1.807, 2.05) is 23.1 Å². The monoisotopic (exact) mass is 345 g/mol. The molecule has 2 aromatic carbocycles. The van der Waals surface area contributed by atoms with Gasteiger partial charge >= 0.3 is 0 Å². The van der Waals surface area contributed by atoms with E-state index in [0.29, 0.717) is 12.8 Å². The predicted molar refractivity (Wildman–Crippen MR) is 95.4 cm³/mol. The van der Waals surface area contributed by atoms with Gasteiger partial charge in [-0.15, -0.1) is 11.8 Å². The van der Waals surface area contributed by atoms with Gasteiger partial charge in [0.25, 0.3) is 0 Å². The molecule has 0 bridgehead atoms. The zero-order valence-corrected chi connectivity index (χ0v) is 14.4. The van der Waals surface area contributed by atoms with Crippen molar-refractivity contribution >= 4 is 23.4 Å². The number of carbonyl (C=O) groups excluding carboxylic acids is 1. The summed E-state index contributed by atoms with van der Waals surface area (Å²) in [7, 11) is 1.44. The average molecular weight is 345 g/mol. The van der Waals surface area contributed by atoms with Gasteiger partial charge in [-0.2, -0.15) is 0 Å². The Hall–Kier alpha value is -2.01. The van der Waals surface area contributed by atoms with E-state index in [1.54, 1.807) is 23.9 Å². The number of fused-ring (bicyclic) bond motifs is 1. The molecule has 3 rings (SSSR count). The van der Waals surface area contributed by atoms with Crippen LogP contribution in [0, 0.1) is 5.82 Å². The molecular formula is C19H20FNO2S. The van der Waals surface area contributed by atoms with Crippen LogP contribution in [0.2, 0.25) is 0 Å². The first kappa shape index (κ1) is 16.8. The van der Waals surface area contributed by atoms with Crippen LogP contribution in [0.1, 0.15) is 18.4 Å². The van der Waals surface area contributed by atoms with Gasteiger partial charge in [0.2, 0.25) is 5.91 Å². The summed E-state index contributed by atoms with van der Waals surface area (Å²) in [6.45, 7) is 0.736. The van der Waals surface area contributed by atoms with Crippen molar-refractivity contribution in [3.63, 3.8) is 0 Å². The van der Waals surface area contributed by atoms with Crippen molar-refractivity contribution in [3.05, 3.63) is 53.8 Å². The molecule has 0 unspecified atom stereocenters. The number of methoxy groups -OCH3 is 1. The summed E-state index contributed by atoms with van der Waals surface area (Å²) in [5.74, 6) is 0.938. The number of hydrogen-bond acceptors (Lipinski definition) is 3. The summed E-state index contributed by atoms with van der Waals surface area (Å²) < 4.78 is 18.7. The van der Waals surface area contributed by atoms with Gasteiger partial charge in [0.1, 0.15) is 0 Å². The Morgan fingerprint density at radius 1 is 1.29 bits per heavy atom. The lowest BCUT2D eigenvalue weighted by Crippen LogP contribution is -2.32. The molecule has 126 valence electrons. The second kappa shape index (κ2) is 7.71. The third-order valence-electron chi connectivity index (χ3n) is 4.08. The van der Waals surface area contributed by atoms with Gasteiger partial charge in [0.15, 0.2) is 11.6 Å². The van der Waals surface area contributed by atoms with Crippen molar-refractivity contribution in [1.29, 1.82) is 0 Å². The number of anilines is 1. The standard InChI is InChI=1S/C19H20FNO2S/c1-23-17-9-7-14(13-15(17)20)8-10-19(22)21-11-4-12-24-18-6-3-2-5-16(18)21/h2-3,5-7,9,13H,4,8,10-12H2,1H3. The van der Waals surface area contributed by atoms with Crippen LogP contribution in [0.5, 0.6) is 5.75 Å². The number of para-hydroxylation sites is 1. The number of hydrogen-bond donors (Lipinski definition) is 0. The number of aryl methyl sites for hydroxylation is 1. The fourth-order valence-electron chi connectivity index (χ4n) is 2.84. The van der Waals surface area contributed by atoms with Gasteiger partial charge in [-0.3, -0.25) is 4.79 Å². The van der Waals surface area contributed by atoms with E-state index in [9.17, 15) is 9.18 Å². The molecule has 0 atom stereocenters. The van der Waals surface area contributed by atoms with Gasteiger partial charge in [-0.05, 0) is 48.4 Å². The molecule has 0 saturated carbocycles. The first-order valence-electron chi connectivity index (χ1n) is 8.03. The average Bonchev–Trinajstić information content (AvgIpc) is 2.82. The summed E-state index contributed by atoms with van der Waals surface area (Å²) in [4.78, 5) is 15.7. The lowest BCUT2D eigenvalue weighted by atomic mass is 10.1. The lowest BCUT2D eigenvalue weighted by Gasteiger charge is -2.22. The normalized spacial score (nSPS) is 14.0. The first-order chi connectivity index (χ1) is 11.7. The molecule has 0 N–H and O–H groups in total. The highest BCUT2D eigenvalue weighted by molar-refractivity contribution is 7.99. The Kier molecular flexibility index (Phi) is 5.41. The molecule has 0 fully saturated rings. The molecule has 3 nitrogen and oxygen atoms in total. The maximum Gasteiger partial charge on any atom is 0.227 e. The van der Waals surface area contributed by atoms with Gasteiger partial charge in [0.05, 0.1) is 12.8 Å². The topological polar surface area (TPSA) is 29.5 Å². The largest absolute Gasteiger partial charge is 0.494 e. The maximum absolute atomic E-state index is 13.8. The van der Waals surface area contributed by atoms with Gasteiger partial charge in [-0.1, -0.05) is 18.2 Å². The van der Waals surface area contributed by atoms with Gasteiger partial charge < -0.3 is 9.64 Å². The minimum absolute atomic E-state index is 0.0844. The highest BCUT2D eigenvalue weighted by Gasteiger charge is 2.21. The second-order valence-corrected chi connectivity index (χ2v) is 6.82. The summed E-state index contributed by atoms with van der Waals surface area (Å²) in [6.07, 6.45) is 1.86. The molecule has 5 heteroatoms. The van der Waals surface area contributed by atoms with Crippen LogP contribution in [0.3, 0.4) is 0 Å². The van der Waals surface area contributed by atoms with Crippen molar-refractivity contribution in [2.45, 2.75) is 24.2 Å². The van der Waals surface area contributed by atoms with Crippen molar-refractivity contribution in [3.8, 4) is 5.75 Å². The molecule has 24 heavy (non-hydrogen) atoms. The van der Waals surface area contributed by atoms with Crippen LogP contribution in [-0.4, -0.2) is 25.3 Å². The van der Waals surface area contributed by atoms with Gasteiger partial charge in [0, 0.05) is 17.9 Å². The number of halogens is 1. The lowest BCUT2D eigenvalue weighted by molar-refractivity contribution is -0.118. The molecule has 1 aliphatic rings.